The van der Waals surface area contributed by atoms with Gasteiger partial charge in [-0.2, -0.15) is 0 Å². The molecule has 1 aliphatic heterocycles. The Morgan fingerprint density at radius 1 is 1.19 bits per heavy atom. The third-order valence-corrected chi connectivity index (χ3v) is 5.50. The number of ether oxygens (including phenoxy) is 1. The van der Waals surface area contributed by atoms with Gasteiger partial charge in [0.05, 0.1) is 5.92 Å². The van der Waals surface area contributed by atoms with Gasteiger partial charge in [-0.25, -0.2) is 0 Å². The Kier molecular flexibility index (Phi) is 6.11. The van der Waals surface area contributed by atoms with Crippen LogP contribution in [0.2, 0.25) is 0 Å². The molecule has 2 fully saturated rings. The van der Waals surface area contributed by atoms with Gasteiger partial charge in [-0.15, -0.1) is 0 Å². The van der Waals surface area contributed by atoms with Crippen molar-refractivity contribution in [2.75, 3.05) is 25.1 Å². The summed E-state index contributed by atoms with van der Waals surface area (Å²) in [5.41, 5.74) is 1.09. The number of hydrogen-bond acceptors (Lipinski definition) is 4. The minimum absolute atomic E-state index is 0.0129. The molecule has 146 valence electrons. The molecule has 0 radical (unpaired) electrons. The molecule has 1 saturated carbocycles. The van der Waals surface area contributed by atoms with Crippen molar-refractivity contribution < 1.29 is 24.2 Å². The molecule has 3 rings (SSSR count). The van der Waals surface area contributed by atoms with Crippen molar-refractivity contribution in [2.45, 2.75) is 26.2 Å². The minimum Gasteiger partial charge on any atom is -0.481 e. The van der Waals surface area contributed by atoms with E-state index >= 15 is 0 Å². The summed E-state index contributed by atoms with van der Waals surface area (Å²) in [5.74, 6) is -1.27. The van der Waals surface area contributed by atoms with E-state index in [-0.39, 0.29) is 30.2 Å². The number of aliphatic carboxylic acids is 1. The summed E-state index contributed by atoms with van der Waals surface area (Å²) >= 11 is 0. The molecule has 3 atom stereocenters. The maximum atomic E-state index is 12.3. The minimum atomic E-state index is -0.894. The highest BCUT2D eigenvalue weighted by molar-refractivity contribution is 5.97. The second kappa shape index (κ2) is 8.52. The lowest BCUT2D eigenvalue weighted by Crippen LogP contribution is -2.39. The van der Waals surface area contributed by atoms with E-state index in [9.17, 15) is 19.5 Å². The SMILES string of the molecule is CC1CC1C(=O)Nc1ccc(C(=O)NCC(C(=O)O)C2CCOCC2)cc1. The van der Waals surface area contributed by atoms with E-state index < -0.39 is 11.9 Å². The molecule has 3 unspecified atom stereocenters. The van der Waals surface area contributed by atoms with Gasteiger partial charge in [0.15, 0.2) is 0 Å². The lowest BCUT2D eigenvalue weighted by Gasteiger charge is -2.27. The zero-order chi connectivity index (χ0) is 19.4. The van der Waals surface area contributed by atoms with Crippen LogP contribution in [0.15, 0.2) is 24.3 Å². The molecule has 1 aliphatic carbocycles. The first-order valence-corrected chi connectivity index (χ1v) is 9.45. The second-order valence-electron chi connectivity index (χ2n) is 7.49. The van der Waals surface area contributed by atoms with Crippen LogP contribution in [0.5, 0.6) is 0 Å². The molecule has 27 heavy (non-hydrogen) atoms. The fourth-order valence-electron chi connectivity index (χ4n) is 3.51. The number of amides is 2. The fourth-order valence-corrected chi connectivity index (χ4v) is 3.51. The standard InChI is InChI=1S/C20H26N2O5/c1-12-10-16(12)19(24)22-15-4-2-14(3-5-15)18(23)21-11-17(20(25)26)13-6-8-27-9-7-13/h2-5,12-13,16-17H,6-11H2,1H3,(H,21,23)(H,22,24)(H,25,26). The summed E-state index contributed by atoms with van der Waals surface area (Å²) in [6, 6.07) is 6.64. The van der Waals surface area contributed by atoms with E-state index in [1.165, 1.54) is 0 Å². The van der Waals surface area contributed by atoms with Gasteiger partial charge in [-0.1, -0.05) is 6.92 Å². The first-order valence-electron chi connectivity index (χ1n) is 9.45. The molecule has 2 amide bonds. The molecule has 1 aromatic carbocycles. The molecular formula is C20H26N2O5. The maximum absolute atomic E-state index is 12.3. The maximum Gasteiger partial charge on any atom is 0.308 e. The quantitative estimate of drug-likeness (QED) is 0.678. The van der Waals surface area contributed by atoms with Crippen LogP contribution >= 0.6 is 0 Å². The lowest BCUT2D eigenvalue weighted by atomic mass is 9.86. The number of benzene rings is 1. The topological polar surface area (TPSA) is 105 Å². The van der Waals surface area contributed by atoms with Gasteiger partial charge in [0, 0.05) is 36.9 Å². The molecule has 1 aromatic rings. The largest absolute Gasteiger partial charge is 0.481 e. The second-order valence-corrected chi connectivity index (χ2v) is 7.49. The van der Waals surface area contributed by atoms with E-state index in [1.807, 2.05) is 6.92 Å². The van der Waals surface area contributed by atoms with Crippen molar-refractivity contribution in [1.29, 1.82) is 0 Å². The molecule has 0 bridgehead atoms. The van der Waals surface area contributed by atoms with Crippen molar-refractivity contribution in [1.82, 2.24) is 5.32 Å². The van der Waals surface area contributed by atoms with Crippen LogP contribution in [0, 0.1) is 23.7 Å². The molecule has 3 N–H and O–H groups in total. The summed E-state index contributed by atoms with van der Waals surface area (Å²) in [6.45, 7) is 3.27. The molecular weight excluding hydrogens is 348 g/mol. The number of hydrogen-bond donors (Lipinski definition) is 3. The average molecular weight is 374 g/mol. The van der Waals surface area contributed by atoms with E-state index in [4.69, 9.17) is 4.74 Å². The van der Waals surface area contributed by atoms with Crippen molar-refractivity contribution >= 4 is 23.5 Å². The predicted octanol–water partition coefficient (Wildman–Crippen LogP) is 2.14. The highest BCUT2D eigenvalue weighted by atomic mass is 16.5. The molecule has 1 saturated heterocycles. The number of carbonyl (C=O) groups is 3. The zero-order valence-corrected chi connectivity index (χ0v) is 15.4. The smallest absolute Gasteiger partial charge is 0.308 e. The van der Waals surface area contributed by atoms with Gasteiger partial charge in [0.1, 0.15) is 0 Å². The normalized spacial score (nSPS) is 23.3. The van der Waals surface area contributed by atoms with Crippen LogP contribution in [0.3, 0.4) is 0 Å². The van der Waals surface area contributed by atoms with E-state index in [0.29, 0.717) is 43.2 Å². The summed E-state index contributed by atoms with van der Waals surface area (Å²) < 4.78 is 5.28. The van der Waals surface area contributed by atoms with Gasteiger partial charge >= 0.3 is 5.97 Å². The number of rotatable bonds is 7. The van der Waals surface area contributed by atoms with Crippen LogP contribution < -0.4 is 10.6 Å². The number of carbonyl (C=O) groups excluding carboxylic acids is 2. The Morgan fingerprint density at radius 3 is 2.37 bits per heavy atom. The van der Waals surface area contributed by atoms with Gasteiger partial charge < -0.3 is 20.5 Å². The van der Waals surface area contributed by atoms with Gasteiger partial charge in [-0.3, -0.25) is 14.4 Å². The Morgan fingerprint density at radius 2 is 1.81 bits per heavy atom. The number of nitrogens with one attached hydrogen (secondary N) is 2. The fraction of sp³-hybridized carbons (Fsp3) is 0.550. The zero-order valence-electron chi connectivity index (χ0n) is 15.4. The van der Waals surface area contributed by atoms with Crippen LogP contribution in [0.25, 0.3) is 0 Å². The average Bonchev–Trinajstić information content (AvgIpc) is 3.40. The molecule has 0 aromatic heterocycles. The first kappa shape index (κ1) is 19.4. The Balaban J connectivity index is 1.52. The predicted molar refractivity (Wildman–Crippen MR) is 99.3 cm³/mol. The summed E-state index contributed by atoms with van der Waals surface area (Å²) in [4.78, 5) is 35.8. The molecule has 0 spiro atoms. The van der Waals surface area contributed by atoms with Crippen molar-refractivity contribution in [3.05, 3.63) is 29.8 Å². The monoisotopic (exact) mass is 374 g/mol. The Hall–Kier alpha value is -2.41. The van der Waals surface area contributed by atoms with E-state index in [0.717, 1.165) is 6.42 Å². The van der Waals surface area contributed by atoms with Gasteiger partial charge in [-0.05, 0) is 55.4 Å². The van der Waals surface area contributed by atoms with Crippen LogP contribution in [0.4, 0.5) is 5.69 Å². The van der Waals surface area contributed by atoms with Crippen LogP contribution in [0.1, 0.15) is 36.5 Å². The number of carboxylic acid groups (broad SMARTS) is 1. The van der Waals surface area contributed by atoms with Crippen molar-refractivity contribution in [3.63, 3.8) is 0 Å². The molecule has 1 heterocycles. The lowest BCUT2D eigenvalue weighted by molar-refractivity contribution is -0.144. The first-order chi connectivity index (χ1) is 13.0. The Bertz CT molecular complexity index is 697. The van der Waals surface area contributed by atoms with Crippen LogP contribution in [-0.4, -0.2) is 42.6 Å². The highest BCUT2D eigenvalue weighted by Crippen LogP contribution is 2.38. The highest BCUT2D eigenvalue weighted by Gasteiger charge is 2.39. The summed E-state index contributed by atoms with van der Waals surface area (Å²) in [6.07, 6.45) is 2.31. The van der Waals surface area contributed by atoms with E-state index in [1.54, 1.807) is 24.3 Å². The third-order valence-electron chi connectivity index (χ3n) is 5.50. The molecule has 2 aliphatic rings. The number of carboxylic acids is 1. The summed E-state index contributed by atoms with van der Waals surface area (Å²) in [7, 11) is 0. The Labute approximate surface area is 158 Å². The van der Waals surface area contributed by atoms with E-state index in [2.05, 4.69) is 10.6 Å². The third kappa shape index (κ3) is 5.07. The van der Waals surface area contributed by atoms with Gasteiger partial charge in [0.25, 0.3) is 5.91 Å². The molecule has 7 heteroatoms. The van der Waals surface area contributed by atoms with Gasteiger partial charge in [0.2, 0.25) is 5.91 Å². The molecule has 7 nitrogen and oxygen atoms in total. The summed E-state index contributed by atoms with van der Waals surface area (Å²) in [5, 5.41) is 15.0. The number of anilines is 1. The van der Waals surface area contributed by atoms with Crippen LogP contribution in [-0.2, 0) is 14.3 Å². The van der Waals surface area contributed by atoms with Crippen molar-refractivity contribution in [2.24, 2.45) is 23.7 Å². The van der Waals surface area contributed by atoms with Crippen molar-refractivity contribution in [3.8, 4) is 0 Å².